The number of amides is 3. The number of carbonyl (C=O) groups is 4. The third kappa shape index (κ3) is 9.62. The van der Waals surface area contributed by atoms with Gasteiger partial charge in [-0.25, -0.2) is 4.79 Å². The molecule has 2 N–H and O–H groups in total. The van der Waals surface area contributed by atoms with Crippen molar-refractivity contribution in [2.45, 2.75) is 19.6 Å². The second kappa shape index (κ2) is 18.5. The summed E-state index contributed by atoms with van der Waals surface area (Å²) in [5.74, 6) is -2.50. The summed E-state index contributed by atoms with van der Waals surface area (Å²) in [6.45, 7) is 5.52. The van der Waals surface area contributed by atoms with Crippen molar-refractivity contribution in [3.63, 3.8) is 0 Å². The summed E-state index contributed by atoms with van der Waals surface area (Å²) in [4.78, 5) is 57.8. The Labute approximate surface area is 322 Å². The van der Waals surface area contributed by atoms with E-state index in [1.54, 1.807) is 49.4 Å². The molecule has 1 aliphatic rings. The second-order valence-electron chi connectivity index (χ2n) is 11.6. The molecule has 3 amide bonds. The van der Waals surface area contributed by atoms with Crippen molar-refractivity contribution >= 4 is 58.3 Å². The average Bonchev–Trinajstić information content (AvgIpc) is 3.18. The molecule has 4 aromatic rings. The van der Waals surface area contributed by atoms with Gasteiger partial charge in [0.2, 0.25) is 5.91 Å². The van der Waals surface area contributed by atoms with Crippen LogP contribution in [0.25, 0.3) is 6.08 Å². The van der Waals surface area contributed by atoms with E-state index in [0.29, 0.717) is 16.8 Å². The van der Waals surface area contributed by atoms with Crippen LogP contribution in [0.3, 0.4) is 0 Å². The number of amidine groups is 1. The lowest BCUT2D eigenvalue weighted by molar-refractivity contribution is -0.126. The number of ether oxygens (including phenoxy) is 2. The second-order valence-corrected chi connectivity index (χ2v) is 13.0. The molecule has 0 radical (unpaired) electrons. The van der Waals surface area contributed by atoms with E-state index in [9.17, 15) is 19.2 Å². The highest BCUT2D eigenvalue weighted by Gasteiger charge is 2.35. The van der Waals surface area contributed by atoms with Gasteiger partial charge in [-0.05, 0) is 65.6 Å². The summed E-state index contributed by atoms with van der Waals surface area (Å²) in [5, 5.41) is 12.4. The Bertz CT molecular complexity index is 2130. The maximum Gasteiger partial charge on any atom is 0.335 e. The highest BCUT2D eigenvalue weighted by Crippen LogP contribution is 2.38. The number of aromatic carboxylic acids is 1. The number of allylic oxidation sites excluding steroid dienone is 4. The monoisotopic (exact) mass is 761 g/mol. The molecule has 1 heterocycles. The fraction of sp³-hybridized carbons (Fsp3) is 0.119. The van der Waals surface area contributed by atoms with E-state index in [0.717, 1.165) is 22.9 Å². The summed E-state index contributed by atoms with van der Waals surface area (Å²) in [6.07, 6.45) is 7.90. The molecule has 1 aliphatic heterocycles. The Kier molecular flexibility index (Phi) is 13.4. The van der Waals surface area contributed by atoms with Gasteiger partial charge >= 0.3 is 5.97 Å². The van der Waals surface area contributed by atoms with Crippen LogP contribution in [0.1, 0.15) is 45.6 Å². The van der Waals surface area contributed by atoms with Gasteiger partial charge in [0.1, 0.15) is 12.2 Å². The molecule has 12 heteroatoms. The van der Waals surface area contributed by atoms with Crippen LogP contribution in [-0.4, -0.2) is 51.7 Å². The van der Waals surface area contributed by atoms with E-state index in [1.807, 2.05) is 60.7 Å². The molecule has 0 bridgehead atoms. The molecule has 0 aliphatic carbocycles. The number of hydrogen-bond acceptors (Lipinski definition) is 7. The topological polar surface area (TPSA) is 135 Å². The first-order valence-corrected chi connectivity index (χ1v) is 18.0. The first-order chi connectivity index (χ1) is 26.1. The van der Waals surface area contributed by atoms with Gasteiger partial charge < -0.3 is 19.9 Å². The van der Waals surface area contributed by atoms with E-state index in [1.165, 1.54) is 36.3 Å². The molecule has 5 rings (SSSR count). The Hall–Kier alpha value is -6.17. The quantitative estimate of drug-likeness (QED) is 0.0750. The van der Waals surface area contributed by atoms with E-state index < -0.39 is 23.8 Å². The molecule has 0 saturated carbocycles. The van der Waals surface area contributed by atoms with Crippen molar-refractivity contribution in [2.75, 3.05) is 12.9 Å². The molecule has 10 nitrogen and oxygen atoms in total. The zero-order chi connectivity index (χ0) is 38.6. The molecular formula is C42H36ClN3O7S. The third-order valence-corrected chi connectivity index (χ3v) is 9.28. The lowest BCUT2D eigenvalue weighted by Crippen LogP contribution is -2.42. The predicted molar refractivity (Wildman–Crippen MR) is 211 cm³/mol. The van der Waals surface area contributed by atoms with Crippen LogP contribution in [0.2, 0.25) is 5.02 Å². The smallest absolute Gasteiger partial charge is 0.335 e. The van der Waals surface area contributed by atoms with Gasteiger partial charge in [-0.1, -0.05) is 121 Å². The molecule has 0 saturated heterocycles. The molecule has 274 valence electrons. The van der Waals surface area contributed by atoms with Gasteiger partial charge in [-0.2, -0.15) is 4.99 Å². The zero-order valence-electron chi connectivity index (χ0n) is 29.4. The Morgan fingerprint density at radius 1 is 1.00 bits per heavy atom. The summed E-state index contributed by atoms with van der Waals surface area (Å²) in [5.41, 5.74) is 3.17. The number of methoxy groups -OCH3 is 1. The van der Waals surface area contributed by atoms with E-state index in [2.05, 4.69) is 16.9 Å². The van der Waals surface area contributed by atoms with Crippen molar-refractivity contribution in [1.29, 1.82) is 0 Å². The summed E-state index contributed by atoms with van der Waals surface area (Å²) in [6, 6.07) is 28.0. The van der Waals surface area contributed by atoms with E-state index >= 15 is 0 Å². The van der Waals surface area contributed by atoms with Crippen LogP contribution in [0.5, 0.6) is 11.5 Å². The maximum atomic E-state index is 14.2. The molecule has 0 unspecified atom stereocenters. The zero-order valence-corrected chi connectivity index (χ0v) is 31.0. The number of carbonyl (C=O) groups excluding carboxylic acids is 3. The van der Waals surface area contributed by atoms with Crippen LogP contribution in [0.4, 0.5) is 0 Å². The Morgan fingerprint density at radius 3 is 2.22 bits per heavy atom. The van der Waals surface area contributed by atoms with Crippen LogP contribution in [0.15, 0.2) is 144 Å². The normalized spacial score (nSPS) is 14.0. The van der Waals surface area contributed by atoms with Gasteiger partial charge in [-0.3, -0.25) is 19.3 Å². The minimum absolute atomic E-state index is 0.0332. The lowest BCUT2D eigenvalue weighted by Gasteiger charge is -2.28. The third-order valence-electron chi connectivity index (χ3n) is 8.06. The van der Waals surface area contributed by atoms with Crippen molar-refractivity contribution < 1.29 is 33.8 Å². The van der Waals surface area contributed by atoms with Crippen LogP contribution in [0, 0.1) is 0 Å². The number of rotatable bonds is 14. The standard InChI is InChI=1S/C42H36ClN3O7S/c1-4-6-17-32(5-2)46-40(49)33(22-28-23-34(43)38(35(24-28)52-3)53-25-27-18-20-31(21-19-27)41(50)51)39(48)45-42(46)54-26-36(47)44-37(29-13-9-7-10-14-29)30-15-11-8-12-16-30/h4-24,37H,1,25-26H2,2-3H3,(H,44,47)(H,50,51)/b17-6-,32-5+,33-22+. The SMILES string of the molecule is C=C/C=C\C(=C/C)N1C(=O)/C(=C/c2cc(Cl)c(OCc3ccc(C(=O)O)cc3)c(OC)c2)C(=O)N=C1SCC(=O)NC(c1ccccc1)c1ccccc1. The number of carboxylic acids is 1. The van der Waals surface area contributed by atoms with Gasteiger partial charge in [0.15, 0.2) is 16.7 Å². The molecule has 0 fully saturated rings. The number of halogens is 1. The van der Waals surface area contributed by atoms with Crippen molar-refractivity contribution in [1.82, 2.24) is 10.2 Å². The molecule has 54 heavy (non-hydrogen) atoms. The largest absolute Gasteiger partial charge is 0.493 e. The van der Waals surface area contributed by atoms with Gasteiger partial charge in [0.25, 0.3) is 11.8 Å². The summed E-state index contributed by atoms with van der Waals surface area (Å²) >= 11 is 7.58. The number of benzene rings is 4. The molecule has 0 aromatic heterocycles. The highest BCUT2D eigenvalue weighted by atomic mass is 35.5. The van der Waals surface area contributed by atoms with Gasteiger partial charge in [0.05, 0.1) is 29.5 Å². The number of nitrogens with one attached hydrogen (secondary N) is 1. The number of aliphatic imine (C=N–C) groups is 1. The number of nitrogens with zero attached hydrogens (tertiary/aromatic N) is 2. The molecule has 0 atom stereocenters. The first-order valence-electron chi connectivity index (χ1n) is 16.6. The summed E-state index contributed by atoms with van der Waals surface area (Å²) < 4.78 is 11.5. The van der Waals surface area contributed by atoms with Crippen molar-refractivity contribution in [3.05, 3.63) is 172 Å². The van der Waals surface area contributed by atoms with E-state index in [4.69, 9.17) is 26.2 Å². The first kappa shape index (κ1) is 39.0. The Morgan fingerprint density at radius 2 is 1.65 bits per heavy atom. The lowest BCUT2D eigenvalue weighted by atomic mass is 9.99. The van der Waals surface area contributed by atoms with Crippen LogP contribution < -0.4 is 14.8 Å². The number of thioether (sulfide) groups is 1. The van der Waals surface area contributed by atoms with E-state index in [-0.39, 0.29) is 51.1 Å². The molecule has 0 spiro atoms. The average molecular weight is 762 g/mol. The van der Waals surface area contributed by atoms with Crippen LogP contribution in [-0.2, 0) is 21.0 Å². The van der Waals surface area contributed by atoms with Crippen molar-refractivity contribution in [2.24, 2.45) is 4.99 Å². The minimum atomic E-state index is -1.04. The Balaban J connectivity index is 1.40. The van der Waals surface area contributed by atoms with Gasteiger partial charge in [-0.15, -0.1) is 0 Å². The minimum Gasteiger partial charge on any atom is -0.493 e. The molecular weight excluding hydrogens is 726 g/mol. The van der Waals surface area contributed by atoms with Gasteiger partial charge in [0, 0.05) is 5.70 Å². The van der Waals surface area contributed by atoms with Crippen LogP contribution >= 0.6 is 23.4 Å². The summed E-state index contributed by atoms with van der Waals surface area (Å²) in [7, 11) is 1.42. The predicted octanol–water partition coefficient (Wildman–Crippen LogP) is 8.02. The fourth-order valence-electron chi connectivity index (χ4n) is 5.42. The van der Waals surface area contributed by atoms with Crippen molar-refractivity contribution in [3.8, 4) is 11.5 Å². The number of hydrogen-bond donors (Lipinski definition) is 2. The highest BCUT2D eigenvalue weighted by molar-refractivity contribution is 8.14. The number of carboxylic acid groups (broad SMARTS) is 1. The maximum absolute atomic E-state index is 14.2. The molecule has 4 aromatic carbocycles. The fourth-order valence-corrected chi connectivity index (χ4v) is 6.50.